The lowest BCUT2D eigenvalue weighted by Gasteiger charge is -2.45. The summed E-state index contributed by atoms with van der Waals surface area (Å²) < 4.78 is 6.32. The van der Waals surface area contributed by atoms with Crippen molar-refractivity contribution in [3.63, 3.8) is 0 Å². The fraction of sp³-hybridized carbons (Fsp3) is 0.444. The second kappa shape index (κ2) is 9.63. The van der Waals surface area contributed by atoms with E-state index in [2.05, 4.69) is 0 Å². The largest absolute Gasteiger partial charge is 0.353 e. The van der Waals surface area contributed by atoms with Gasteiger partial charge in [0.1, 0.15) is 11.8 Å². The Morgan fingerprint density at radius 2 is 1.63 bits per heavy atom. The van der Waals surface area contributed by atoms with Crippen LogP contribution >= 0.6 is 11.6 Å². The number of benzene rings is 2. The van der Waals surface area contributed by atoms with Crippen molar-refractivity contribution >= 4 is 29.3 Å². The van der Waals surface area contributed by atoms with Crippen molar-refractivity contribution < 1.29 is 19.1 Å². The Morgan fingerprint density at radius 3 is 2.31 bits per heavy atom. The maximum Gasteiger partial charge on any atom is 0.257 e. The van der Waals surface area contributed by atoms with Crippen LogP contribution in [0.1, 0.15) is 52.0 Å². The molecule has 0 saturated carbocycles. The number of piperidine rings is 1. The molecule has 3 saturated heterocycles. The minimum atomic E-state index is -0.912. The van der Waals surface area contributed by atoms with Crippen LogP contribution in [0.15, 0.2) is 48.5 Å². The molecule has 7 nitrogen and oxygen atoms in total. The molecule has 2 aromatic rings. The zero-order valence-corrected chi connectivity index (χ0v) is 20.7. The molecule has 3 fully saturated rings. The molecule has 0 aliphatic carbocycles. The van der Waals surface area contributed by atoms with Gasteiger partial charge in [-0.15, -0.1) is 0 Å². The van der Waals surface area contributed by atoms with Crippen molar-refractivity contribution in [1.82, 2.24) is 14.7 Å². The van der Waals surface area contributed by atoms with Gasteiger partial charge in [-0.05, 0) is 49.6 Å². The molecule has 5 rings (SSSR count). The van der Waals surface area contributed by atoms with E-state index in [1.165, 1.54) is 0 Å². The number of rotatable bonds is 3. The van der Waals surface area contributed by atoms with Crippen LogP contribution < -0.4 is 0 Å². The Balaban J connectivity index is 1.41. The molecule has 35 heavy (non-hydrogen) atoms. The van der Waals surface area contributed by atoms with Crippen LogP contribution in [-0.2, 0) is 9.53 Å². The standard InChI is InChI=1S/C27H30ClN3O4/c1-19-7-2-3-10-22(19)25(33)31-23(26(34)29-13-4-5-14-29)18-35-27(31)11-15-30(16-12-27)24(32)20-8-6-9-21(28)17-20/h2-3,6-10,17,23H,4-5,11-16,18H2,1H3/t23-/m0/s1. The summed E-state index contributed by atoms with van der Waals surface area (Å²) in [6.07, 6.45) is 2.86. The van der Waals surface area contributed by atoms with Gasteiger partial charge in [0, 0.05) is 55.2 Å². The summed E-state index contributed by atoms with van der Waals surface area (Å²) in [6, 6.07) is 13.7. The van der Waals surface area contributed by atoms with Gasteiger partial charge in [0.2, 0.25) is 5.91 Å². The Morgan fingerprint density at radius 1 is 0.914 bits per heavy atom. The molecular weight excluding hydrogens is 466 g/mol. The second-order valence-electron chi connectivity index (χ2n) is 9.60. The SMILES string of the molecule is Cc1ccccc1C(=O)N1[C@H](C(=O)N2CCCC2)COC12CCN(C(=O)c1cccc(Cl)c1)CC2. The van der Waals surface area contributed by atoms with Crippen molar-refractivity contribution in [2.24, 2.45) is 0 Å². The number of ether oxygens (including phenoxy) is 1. The highest BCUT2D eigenvalue weighted by molar-refractivity contribution is 6.30. The van der Waals surface area contributed by atoms with Crippen molar-refractivity contribution in [2.45, 2.75) is 44.4 Å². The minimum Gasteiger partial charge on any atom is -0.353 e. The molecule has 0 unspecified atom stereocenters. The Labute approximate surface area is 210 Å². The third-order valence-corrected chi connectivity index (χ3v) is 7.70. The van der Waals surface area contributed by atoms with E-state index in [0.29, 0.717) is 42.1 Å². The first-order chi connectivity index (χ1) is 16.9. The van der Waals surface area contributed by atoms with Gasteiger partial charge < -0.3 is 14.5 Å². The van der Waals surface area contributed by atoms with Crippen LogP contribution in [0.5, 0.6) is 0 Å². The zero-order valence-electron chi connectivity index (χ0n) is 19.9. The van der Waals surface area contributed by atoms with Crippen LogP contribution in [0, 0.1) is 6.92 Å². The lowest BCUT2D eigenvalue weighted by atomic mass is 9.95. The molecule has 3 aliphatic rings. The van der Waals surface area contributed by atoms with Crippen LogP contribution in [0.3, 0.4) is 0 Å². The van der Waals surface area contributed by atoms with E-state index in [1.807, 2.05) is 30.0 Å². The van der Waals surface area contributed by atoms with Crippen molar-refractivity contribution in [2.75, 3.05) is 32.8 Å². The highest BCUT2D eigenvalue weighted by atomic mass is 35.5. The molecule has 184 valence electrons. The molecule has 3 amide bonds. The van der Waals surface area contributed by atoms with Crippen LogP contribution in [0.25, 0.3) is 0 Å². The molecule has 0 bridgehead atoms. The van der Waals surface area contributed by atoms with E-state index < -0.39 is 11.8 Å². The number of hydrogen-bond acceptors (Lipinski definition) is 4. The van der Waals surface area contributed by atoms with E-state index in [-0.39, 0.29) is 24.3 Å². The predicted molar refractivity (Wildman–Crippen MR) is 132 cm³/mol. The Bertz CT molecular complexity index is 1140. The highest BCUT2D eigenvalue weighted by Crippen LogP contribution is 2.39. The molecule has 2 aromatic carbocycles. The van der Waals surface area contributed by atoms with Crippen LogP contribution in [0.2, 0.25) is 5.02 Å². The molecule has 8 heteroatoms. The predicted octanol–water partition coefficient (Wildman–Crippen LogP) is 3.74. The molecular formula is C27H30ClN3O4. The van der Waals surface area contributed by atoms with Gasteiger partial charge in [0.25, 0.3) is 11.8 Å². The van der Waals surface area contributed by atoms with Gasteiger partial charge in [-0.3, -0.25) is 19.3 Å². The molecule has 0 N–H and O–H groups in total. The third-order valence-electron chi connectivity index (χ3n) is 7.46. The van der Waals surface area contributed by atoms with Crippen molar-refractivity contribution in [3.05, 3.63) is 70.2 Å². The minimum absolute atomic E-state index is 0.0428. The summed E-state index contributed by atoms with van der Waals surface area (Å²) >= 11 is 6.08. The molecule has 0 radical (unpaired) electrons. The number of carbonyl (C=O) groups is 3. The fourth-order valence-corrected chi connectivity index (χ4v) is 5.70. The summed E-state index contributed by atoms with van der Waals surface area (Å²) in [4.78, 5) is 45.8. The van der Waals surface area contributed by atoms with E-state index in [9.17, 15) is 14.4 Å². The van der Waals surface area contributed by atoms with Gasteiger partial charge >= 0.3 is 0 Å². The number of carbonyl (C=O) groups excluding carboxylic acids is 3. The smallest absolute Gasteiger partial charge is 0.257 e. The van der Waals surface area contributed by atoms with Gasteiger partial charge in [-0.25, -0.2) is 0 Å². The van der Waals surface area contributed by atoms with E-state index in [1.54, 1.807) is 40.1 Å². The van der Waals surface area contributed by atoms with Gasteiger partial charge in [0.05, 0.1) is 6.61 Å². The summed E-state index contributed by atoms with van der Waals surface area (Å²) in [5.74, 6) is -0.326. The number of amides is 3. The normalized spacial score (nSPS) is 21.5. The number of hydrogen-bond donors (Lipinski definition) is 0. The first kappa shape index (κ1) is 23.8. The Hall–Kier alpha value is -2.90. The topological polar surface area (TPSA) is 70.2 Å². The average Bonchev–Trinajstić information content (AvgIpc) is 3.53. The van der Waals surface area contributed by atoms with Gasteiger partial charge in [-0.2, -0.15) is 0 Å². The molecule has 0 aromatic heterocycles. The second-order valence-corrected chi connectivity index (χ2v) is 10.0. The number of nitrogens with zero attached hydrogens (tertiary/aromatic N) is 3. The van der Waals surface area contributed by atoms with Crippen LogP contribution in [0.4, 0.5) is 0 Å². The summed E-state index contributed by atoms with van der Waals surface area (Å²) in [6.45, 7) is 4.37. The number of aryl methyl sites for hydroxylation is 1. The highest BCUT2D eigenvalue weighted by Gasteiger charge is 2.55. The lowest BCUT2D eigenvalue weighted by Crippen LogP contribution is -2.60. The van der Waals surface area contributed by atoms with E-state index >= 15 is 0 Å². The van der Waals surface area contributed by atoms with E-state index in [0.717, 1.165) is 31.5 Å². The van der Waals surface area contributed by atoms with Crippen molar-refractivity contribution in [1.29, 1.82) is 0 Å². The maximum atomic E-state index is 13.9. The first-order valence-corrected chi connectivity index (χ1v) is 12.6. The van der Waals surface area contributed by atoms with Gasteiger partial charge in [-0.1, -0.05) is 35.9 Å². The number of likely N-dealkylation sites (tertiary alicyclic amines) is 2. The van der Waals surface area contributed by atoms with Gasteiger partial charge in [0.15, 0.2) is 0 Å². The summed E-state index contributed by atoms with van der Waals surface area (Å²) in [5.41, 5.74) is 1.06. The number of halogens is 1. The average molecular weight is 496 g/mol. The lowest BCUT2D eigenvalue weighted by molar-refractivity contribution is -0.136. The molecule has 3 aliphatic heterocycles. The van der Waals surface area contributed by atoms with Crippen LogP contribution in [-0.4, -0.2) is 77.0 Å². The molecule has 1 atom stereocenters. The fourth-order valence-electron chi connectivity index (χ4n) is 5.51. The maximum absolute atomic E-state index is 13.9. The van der Waals surface area contributed by atoms with E-state index in [4.69, 9.17) is 16.3 Å². The van der Waals surface area contributed by atoms with Crippen molar-refractivity contribution in [3.8, 4) is 0 Å². The monoisotopic (exact) mass is 495 g/mol. The Kier molecular flexibility index (Phi) is 6.55. The first-order valence-electron chi connectivity index (χ1n) is 12.3. The molecule has 1 spiro atoms. The third kappa shape index (κ3) is 4.43. The zero-order chi connectivity index (χ0) is 24.6. The quantitative estimate of drug-likeness (QED) is 0.650. The summed E-state index contributed by atoms with van der Waals surface area (Å²) in [7, 11) is 0. The summed E-state index contributed by atoms with van der Waals surface area (Å²) in [5, 5.41) is 0.515. The molecule has 3 heterocycles.